The van der Waals surface area contributed by atoms with Gasteiger partial charge in [0.05, 0.1) is 6.04 Å². The van der Waals surface area contributed by atoms with Crippen LogP contribution in [0.5, 0.6) is 0 Å². The predicted octanol–water partition coefficient (Wildman–Crippen LogP) is 3.77. The molecule has 0 spiro atoms. The Morgan fingerprint density at radius 1 is 0.950 bits per heavy atom. The van der Waals surface area contributed by atoms with E-state index in [1.165, 1.54) is 24.3 Å². The molecule has 1 aliphatic heterocycles. The second-order valence-corrected chi connectivity index (χ2v) is 11.8. The molecule has 2 aromatic carbocycles. The first-order chi connectivity index (χ1) is 19.4. The smallest absolute Gasteiger partial charge is 0.254 e. The molecule has 3 aliphatic rings. The SMILES string of the molecule is NCC1CCCC(CNC(=O)C2CC(N(CCc3ccccc3)C(=O)C3CC3)CN2C(=O)c2ccc(F)cc2)C1. The molecule has 3 amide bonds. The molecule has 4 atom stereocenters. The van der Waals surface area contributed by atoms with Crippen LogP contribution in [0.3, 0.4) is 0 Å². The van der Waals surface area contributed by atoms with Crippen LogP contribution in [0.25, 0.3) is 0 Å². The second kappa shape index (κ2) is 12.9. The maximum Gasteiger partial charge on any atom is 0.254 e. The molecule has 1 saturated heterocycles. The summed E-state index contributed by atoms with van der Waals surface area (Å²) in [4.78, 5) is 44.2. The van der Waals surface area contributed by atoms with Crippen molar-refractivity contribution in [2.24, 2.45) is 23.5 Å². The standard InChI is InChI=1S/C32H41FN4O3/c33-27-13-11-26(12-14-27)32(40)37-21-28(18-29(37)30(38)35-20-24-8-4-7-23(17-24)19-34)36(31(39)25-9-10-25)16-15-22-5-2-1-3-6-22/h1-3,5-6,11-14,23-25,28-29H,4,7-10,15-21,34H2,(H,35,38). The third kappa shape index (κ3) is 6.89. The molecule has 2 aliphatic carbocycles. The Hall–Kier alpha value is -3.26. The van der Waals surface area contributed by atoms with Crippen molar-refractivity contribution in [3.63, 3.8) is 0 Å². The summed E-state index contributed by atoms with van der Waals surface area (Å²) in [6.45, 7) is 2.05. The van der Waals surface area contributed by atoms with E-state index in [1.807, 2.05) is 23.1 Å². The summed E-state index contributed by atoms with van der Waals surface area (Å²) in [7, 11) is 0. The maximum atomic E-state index is 13.6. The summed E-state index contributed by atoms with van der Waals surface area (Å²) in [6, 6.07) is 14.5. The molecule has 0 bridgehead atoms. The van der Waals surface area contributed by atoms with E-state index in [-0.39, 0.29) is 36.2 Å². The zero-order chi connectivity index (χ0) is 28.1. The van der Waals surface area contributed by atoms with Gasteiger partial charge in [0, 0.05) is 31.1 Å². The summed E-state index contributed by atoms with van der Waals surface area (Å²) in [5.74, 6) is 0.103. The van der Waals surface area contributed by atoms with Crippen LogP contribution in [0.15, 0.2) is 54.6 Å². The van der Waals surface area contributed by atoms with Crippen molar-refractivity contribution < 1.29 is 18.8 Å². The Bertz CT molecular complexity index is 1170. The largest absolute Gasteiger partial charge is 0.354 e. The average molecular weight is 549 g/mol. The maximum absolute atomic E-state index is 13.6. The summed E-state index contributed by atoms with van der Waals surface area (Å²) in [6.07, 6.45) is 7.20. The normalized spacial score (nSPS) is 24.5. The monoisotopic (exact) mass is 548 g/mol. The lowest BCUT2D eigenvalue weighted by molar-refractivity contribution is -0.135. The van der Waals surface area contributed by atoms with Crippen LogP contribution in [0, 0.1) is 23.6 Å². The third-order valence-electron chi connectivity index (χ3n) is 8.86. The number of hydrogen-bond acceptors (Lipinski definition) is 4. The minimum atomic E-state index is -0.692. The number of amides is 3. The highest BCUT2D eigenvalue weighted by Gasteiger charge is 2.45. The molecule has 0 aromatic heterocycles. The highest BCUT2D eigenvalue weighted by Crippen LogP contribution is 2.34. The summed E-state index contributed by atoms with van der Waals surface area (Å²) in [5, 5.41) is 3.13. The topological polar surface area (TPSA) is 95.7 Å². The van der Waals surface area contributed by atoms with E-state index in [1.54, 1.807) is 4.90 Å². The first kappa shape index (κ1) is 28.3. The van der Waals surface area contributed by atoms with E-state index < -0.39 is 11.9 Å². The molecule has 8 heteroatoms. The van der Waals surface area contributed by atoms with Gasteiger partial charge in [0.15, 0.2) is 0 Å². The van der Waals surface area contributed by atoms with Gasteiger partial charge in [-0.3, -0.25) is 14.4 Å². The number of nitrogens with one attached hydrogen (secondary N) is 1. The molecule has 5 rings (SSSR count). The molecule has 3 fully saturated rings. The number of rotatable bonds is 10. The van der Waals surface area contributed by atoms with Crippen molar-refractivity contribution in [3.05, 3.63) is 71.5 Å². The summed E-state index contributed by atoms with van der Waals surface area (Å²) >= 11 is 0. The molecule has 40 heavy (non-hydrogen) atoms. The van der Waals surface area contributed by atoms with Gasteiger partial charge in [0.2, 0.25) is 11.8 Å². The van der Waals surface area contributed by atoms with Gasteiger partial charge in [0.1, 0.15) is 11.9 Å². The lowest BCUT2D eigenvalue weighted by Crippen LogP contribution is -2.47. The first-order valence-corrected chi connectivity index (χ1v) is 14.8. The molecular formula is C32H41FN4O3. The van der Waals surface area contributed by atoms with Gasteiger partial charge < -0.3 is 20.9 Å². The molecule has 4 unspecified atom stereocenters. The van der Waals surface area contributed by atoms with Crippen LogP contribution in [0.4, 0.5) is 4.39 Å². The van der Waals surface area contributed by atoms with E-state index >= 15 is 0 Å². The lowest BCUT2D eigenvalue weighted by Gasteiger charge is -2.29. The quantitative estimate of drug-likeness (QED) is 0.473. The molecule has 2 saturated carbocycles. The highest BCUT2D eigenvalue weighted by molar-refractivity contribution is 5.98. The van der Waals surface area contributed by atoms with Gasteiger partial charge in [-0.05, 0) is 93.2 Å². The van der Waals surface area contributed by atoms with E-state index in [4.69, 9.17) is 5.73 Å². The van der Waals surface area contributed by atoms with Crippen molar-refractivity contribution in [2.75, 3.05) is 26.2 Å². The molecule has 214 valence electrons. The zero-order valence-electron chi connectivity index (χ0n) is 23.1. The van der Waals surface area contributed by atoms with Crippen LogP contribution in [0.2, 0.25) is 0 Å². The van der Waals surface area contributed by atoms with Crippen molar-refractivity contribution >= 4 is 17.7 Å². The number of carbonyl (C=O) groups is 3. The fraction of sp³-hybridized carbons (Fsp3) is 0.531. The Morgan fingerprint density at radius 2 is 1.68 bits per heavy atom. The molecule has 1 heterocycles. The number of likely N-dealkylation sites (tertiary alicyclic amines) is 1. The predicted molar refractivity (Wildman–Crippen MR) is 152 cm³/mol. The van der Waals surface area contributed by atoms with E-state index in [9.17, 15) is 18.8 Å². The number of benzene rings is 2. The van der Waals surface area contributed by atoms with Gasteiger partial charge in [-0.25, -0.2) is 4.39 Å². The summed E-state index contributed by atoms with van der Waals surface area (Å²) in [5.41, 5.74) is 7.39. The van der Waals surface area contributed by atoms with Gasteiger partial charge in [-0.2, -0.15) is 0 Å². The average Bonchev–Trinajstić information content (AvgIpc) is 3.75. The summed E-state index contributed by atoms with van der Waals surface area (Å²) < 4.78 is 13.6. The Morgan fingerprint density at radius 3 is 2.38 bits per heavy atom. The van der Waals surface area contributed by atoms with Gasteiger partial charge in [-0.15, -0.1) is 0 Å². The number of halogens is 1. The Balaban J connectivity index is 1.33. The van der Waals surface area contributed by atoms with Crippen molar-refractivity contribution in [2.45, 2.75) is 63.5 Å². The van der Waals surface area contributed by atoms with E-state index in [2.05, 4.69) is 17.4 Å². The number of carbonyl (C=O) groups excluding carboxylic acids is 3. The Labute approximate surface area is 236 Å². The van der Waals surface area contributed by atoms with E-state index in [0.717, 1.165) is 44.1 Å². The number of hydrogen-bond donors (Lipinski definition) is 2. The second-order valence-electron chi connectivity index (χ2n) is 11.8. The van der Waals surface area contributed by atoms with Crippen LogP contribution >= 0.6 is 0 Å². The first-order valence-electron chi connectivity index (χ1n) is 14.8. The zero-order valence-corrected chi connectivity index (χ0v) is 23.1. The van der Waals surface area contributed by atoms with Crippen LogP contribution in [-0.4, -0.2) is 65.8 Å². The molecule has 3 N–H and O–H groups in total. The van der Waals surface area contributed by atoms with Gasteiger partial charge >= 0.3 is 0 Å². The number of nitrogens with two attached hydrogens (primary N) is 1. The molecule has 2 aromatic rings. The lowest BCUT2D eigenvalue weighted by atomic mass is 9.81. The molecule has 7 nitrogen and oxygen atoms in total. The molecular weight excluding hydrogens is 507 g/mol. The minimum absolute atomic E-state index is 0.0340. The minimum Gasteiger partial charge on any atom is -0.354 e. The van der Waals surface area contributed by atoms with Crippen LogP contribution in [-0.2, 0) is 16.0 Å². The fourth-order valence-electron chi connectivity index (χ4n) is 6.37. The molecule has 0 radical (unpaired) electrons. The third-order valence-corrected chi connectivity index (χ3v) is 8.86. The fourth-order valence-corrected chi connectivity index (χ4v) is 6.37. The van der Waals surface area contributed by atoms with Crippen molar-refractivity contribution in [1.82, 2.24) is 15.1 Å². The van der Waals surface area contributed by atoms with E-state index in [0.29, 0.717) is 49.9 Å². The van der Waals surface area contributed by atoms with Crippen LogP contribution in [0.1, 0.15) is 60.9 Å². The van der Waals surface area contributed by atoms with Crippen LogP contribution < -0.4 is 11.1 Å². The van der Waals surface area contributed by atoms with Gasteiger partial charge in [-0.1, -0.05) is 36.8 Å². The van der Waals surface area contributed by atoms with Crippen molar-refractivity contribution in [3.8, 4) is 0 Å². The Kier molecular flexibility index (Phi) is 9.15. The highest BCUT2D eigenvalue weighted by atomic mass is 19.1. The van der Waals surface area contributed by atoms with Gasteiger partial charge in [0.25, 0.3) is 5.91 Å². The number of nitrogens with zero attached hydrogens (tertiary/aromatic N) is 2. The van der Waals surface area contributed by atoms with Crippen molar-refractivity contribution in [1.29, 1.82) is 0 Å².